The first-order valence-corrected chi connectivity index (χ1v) is 5.44. The van der Waals surface area contributed by atoms with Crippen LogP contribution in [0.2, 0.25) is 0 Å². The van der Waals surface area contributed by atoms with Crippen molar-refractivity contribution in [2.45, 2.75) is 45.0 Å². The SMILES string of the molecule is CNC1CCC(C)(C)/C1=C/C(C)Cl. The molecule has 0 saturated heterocycles. The molecule has 13 heavy (non-hydrogen) atoms. The van der Waals surface area contributed by atoms with E-state index >= 15 is 0 Å². The van der Waals surface area contributed by atoms with Crippen LogP contribution in [-0.2, 0) is 0 Å². The summed E-state index contributed by atoms with van der Waals surface area (Å²) in [4.78, 5) is 0. The maximum absolute atomic E-state index is 6.00. The zero-order valence-corrected chi connectivity index (χ0v) is 9.78. The zero-order valence-electron chi connectivity index (χ0n) is 9.02. The summed E-state index contributed by atoms with van der Waals surface area (Å²) in [5.41, 5.74) is 1.81. The lowest BCUT2D eigenvalue weighted by Gasteiger charge is -2.23. The molecule has 0 amide bonds. The van der Waals surface area contributed by atoms with E-state index in [0.29, 0.717) is 11.5 Å². The predicted octanol–water partition coefficient (Wildman–Crippen LogP) is 2.95. The second-order valence-corrected chi connectivity index (χ2v) is 5.25. The Morgan fingerprint density at radius 1 is 1.62 bits per heavy atom. The molecule has 0 radical (unpaired) electrons. The van der Waals surface area contributed by atoms with Crippen molar-refractivity contribution in [3.8, 4) is 0 Å². The van der Waals surface area contributed by atoms with Gasteiger partial charge in [-0.1, -0.05) is 25.5 Å². The highest BCUT2D eigenvalue weighted by Crippen LogP contribution is 2.42. The van der Waals surface area contributed by atoms with Crippen LogP contribution in [0.25, 0.3) is 0 Å². The Morgan fingerprint density at radius 3 is 2.69 bits per heavy atom. The van der Waals surface area contributed by atoms with Gasteiger partial charge in [0.2, 0.25) is 0 Å². The van der Waals surface area contributed by atoms with Crippen LogP contribution in [0.15, 0.2) is 11.6 Å². The van der Waals surface area contributed by atoms with Crippen LogP contribution in [0.4, 0.5) is 0 Å². The van der Waals surface area contributed by atoms with Crippen molar-refractivity contribution in [1.29, 1.82) is 0 Å². The number of halogens is 1. The highest BCUT2D eigenvalue weighted by molar-refractivity contribution is 6.21. The fourth-order valence-corrected chi connectivity index (χ4v) is 2.30. The summed E-state index contributed by atoms with van der Waals surface area (Å²) in [6.07, 6.45) is 4.70. The molecule has 2 unspecified atom stereocenters. The number of hydrogen-bond donors (Lipinski definition) is 1. The van der Waals surface area contributed by atoms with Crippen molar-refractivity contribution in [2.75, 3.05) is 7.05 Å². The lowest BCUT2D eigenvalue weighted by Crippen LogP contribution is -2.26. The molecular formula is C11H20ClN. The standard InChI is InChI=1S/C11H20ClN/c1-8(12)7-9-10(13-4)5-6-11(9,2)3/h7-8,10,13H,5-6H2,1-4H3/b9-7+. The molecule has 1 fully saturated rings. The van der Waals surface area contributed by atoms with Crippen LogP contribution in [0.3, 0.4) is 0 Å². The molecule has 1 nitrogen and oxygen atoms in total. The van der Waals surface area contributed by atoms with E-state index in [4.69, 9.17) is 11.6 Å². The molecule has 1 rings (SSSR count). The smallest absolute Gasteiger partial charge is 0.0491 e. The zero-order chi connectivity index (χ0) is 10.1. The van der Waals surface area contributed by atoms with Gasteiger partial charge in [0.15, 0.2) is 0 Å². The summed E-state index contributed by atoms with van der Waals surface area (Å²) in [7, 11) is 2.03. The Kier molecular flexibility index (Phi) is 3.42. The van der Waals surface area contributed by atoms with Crippen LogP contribution in [-0.4, -0.2) is 18.5 Å². The van der Waals surface area contributed by atoms with E-state index in [1.165, 1.54) is 18.4 Å². The van der Waals surface area contributed by atoms with E-state index in [-0.39, 0.29) is 5.38 Å². The fourth-order valence-electron chi connectivity index (χ4n) is 2.17. The molecule has 0 aliphatic heterocycles. The summed E-state index contributed by atoms with van der Waals surface area (Å²) >= 11 is 6.00. The molecule has 2 atom stereocenters. The topological polar surface area (TPSA) is 12.0 Å². The van der Waals surface area contributed by atoms with Crippen molar-refractivity contribution < 1.29 is 0 Å². The van der Waals surface area contributed by atoms with Crippen molar-refractivity contribution in [2.24, 2.45) is 5.41 Å². The van der Waals surface area contributed by atoms with Gasteiger partial charge >= 0.3 is 0 Å². The van der Waals surface area contributed by atoms with Gasteiger partial charge in [0.25, 0.3) is 0 Å². The molecule has 1 aliphatic carbocycles. The second-order valence-electron chi connectivity index (χ2n) is 4.56. The summed E-state index contributed by atoms with van der Waals surface area (Å²) in [6.45, 7) is 6.63. The molecule has 1 aliphatic rings. The Labute approximate surface area is 86.5 Å². The molecule has 1 N–H and O–H groups in total. The first kappa shape index (κ1) is 11.1. The summed E-state index contributed by atoms with van der Waals surface area (Å²) < 4.78 is 0. The first-order valence-electron chi connectivity index (χ1n) is 5.01. The van der Waals surface area contributed by atoms with Crippen molar-refractivity contribution in [3.05, 3.63) is 11.6 Å². The Morgan fingerprint density at radius 2 is 2.23 bits per heavy atom. The van der Waals surface area contributed by atoms with E-state index in [0.717, 1.165) is 0 Å². The molecule has 0 spiro atoms. The monoisotopic (exact) mass is 201 g/mol. The van der Waals surface area contributed by atoms with E-state index in [1.54, 1.807) is 0 Å². The molecule has 0 aromatic rings. The lowest BCUT2D eigenvalue weighted by atomic mass is 9.85. The summed E-state index contributed by atoms with van der Waals surface area (Å²) in [5, 5.41) is 3.49. The van der Waals surface area contributed by atoms with Crippen molar-refractivity contribution >= 4 is 11.6 Å². The Hall–Kier alpha value is -0.0100. The number of nitrogens with one attached hydrogen (secondary N) is 1. The third-order valence-corrected chi connectivity index (χ3v) is 3.10. The molecule has 0 aromatic heterocycles. The number of allylic oxidation sites excluding steroid dienone is 1. The van der Waals surface area contributed by atoms with Crippen molar-refractivity contribution in [3.63, 3.8) is 0 Å². The summed E-state index contributed by atoms with van der Waals surface area (Å²) in [5.74, 6) is 0. The fraction of sp³-hybridized carbons (Fsp3) is 0.818. The van der Waals surface area contributed by atoms with E-state index < -0.39 is 0 Å². The molecule has 0 aromatic carbocycles. The maximum Gasteiger partial charge on any atom is 0.0491 e. The minimum absolute atomic E-state index is 0.142. The second kappa shape index (κ2) is 4.02. The van der Waals surface area contributed by atoms with Crippen LogP contribution in [0.5, 0.6) is 0 Å². The lowest BCUT2D eigenvalue weighted by molar-refractivity contribution is 0.460. The van der Waals surface area contributed by atoms with E-state index in [2.05, 4.69) is 25.2 Å². The van der Waals surface area contributed by atoms with Crippen molar-refractivity contribution in [1.82, 2.24) is 5.32 Å². The predicted molar refractivity (Wildman–Crippen MR) is 59.3 cm³/mol. The summed E-state index contributed by atoms with van der Waals surface area (Å²) in [6, 6.07) is 0.538. The molecule has 0 heterocycles. The van der Waals surface area contributed by atoms with Gasteiger partial charge in [-0.05, 0) is 32.2 Å². The number of rotatable bonds is 2. The van der Waals surface area contributed by atoms with Gasteiger partial charge in [-0.2, -0.15) is 0 Å². The van der Waals surface area contributed by atoms with E-state index in [9.17, 15) is 0 Å². The molecule has 0 bridgehead atoms. The molecule has 2 heteroatoms. The van der Waals surface area contributed by atoms with Crippen LogP contribution in [0.1, 0.15) is 33.6 Å². The third-order valence-electron chi connectivity index (χ3n) is 2.97. The molecule has 76 valence electrons. The first-order chi connectivity index (χ1) is 5.97. The van der Waals surface area contributed by atoms with E-state index in [1.807, 2.05) is 14.0 Å². The average Bonchev–Trinajstić information content (AvgIpc) is 2.27. The average molecular weight is 202 g/mol. The third kappa shape index (κ3) is 2.47. The quantitative estimate of drug-likeness (QED) is 0.535. The van der Waals surface area contributed by atoms with Gasteiger partial charge < -0.3 is 5.32 Å². The molecule has 1 saturated carbocycles. The number of likely N-dealkylation sites (N-methyl/N-ethyl adjacent to an activating group) is 1. The van der Waals surface area contributed by atoms with Crippen LogP contribution in [0, 0.1) is 5.41 Å². The minimum atomic E-state index is 0.142. The highest BCUT2D eigenvalue weighted by Gasteiger charge is 2.35. The Balaban J connectivity index is 2.86. The maximum atomic E-state index is 6.00. The molecular weight excluding hydrogens is 182 g/mol. The largest absolute Gasteiger partial charge is 0.313 e. The minimum Gasteiger partial charge on any atom is -0.313 e. The van der Waals surface area contributed by atoms with Crippen LogP contribution < -0.4 is 5.32 Å². The normalized spacial score (nSPS) is 32.4. The van der Waals surface area contributed by atoms with Gasteiger partial charge in [-0.25, -0.2) is 0 Å². The van der Waals surface area contributed by atoms with Gasteiger partial charge in [0, 0.05) is 11.4 Å². The van der Waals surface area contributed by atoms with Gasteiger partial charge in [-0.15, -0.1) is 11.6 Å². The van der Waals surface area contributed by atoms with Gasteiger partial charge in [-0.3, -0.25) is 0 Å². The highest BCUT2D eigenvalue weighted by atomic mass is 35.5. The number of hydrogen-bond acceptors (Lipinski definition) is 1. The van der Waals surface area contributed by atoms with Gasteiger partial charge in [0.1, 0.15) is 0 Å². The Bertz CT molecular complexity index is 206. The van der Waals surface area contributed by atoms with Crippen LogP contribution >= 0.6 is 11.6 Å². The number of alkyl halides is 1. The van der Waals surface area contributed by atoms with Gasteiger partial charge in [0.05, 0.1) is 0 Å².